The summed E-state index contributed by atoms with van der Waals surface area (Å²) in [5.74, 6) is 0.250. The third kappa shape index (κ3) is 2.33. The van der Waals surface area contributed by atoms with Crippen LogP contribution in [0.3, 0.4) is 0 Å². The molecule has 2 nitrogen and oxygen atoms in total. The Morgan fingerprint density at radius 3 is 2.44 bits per heavy atom. The molecular formula is C14H19NO. The van der Waals surface area contributed by atoms with Gasteiger partial charge in [0.05, 0.1) is 6.04 Å². The maximum atomic E-state index is 11.8. The third-order valence-corrected chi connectivity index (χ3v) is 3.21. The Labute approximate surface area is 97.3 Å². The molecule has 1 aliphatic carbocycles. The molecule has 0 amide bonds. The molecule has 0 radical (unpaired) electrons. The molecule has 1 aromatic rings. The standard InChI is InChI=1S/C14H19NO/c1-3-15(13-9-10-13)14(11(2)16)12-7-5-4-6-8-12/h4-8,13-14H,3,9-10H2,1-2H3/t14-/m0/s1. The summed E-state index contributed by atoms with van der Waals surface area (Å²) in [6, 6.07) is 10.7. The van der Waals surface area contributed by atoms with E-state index in [1.165, 1.54) is 12.8 Å². The van der Waals surface area contributed by atoms with E-state index in [9.17, 15) is 4.79 Å². The van der Waals surface area contributed by atoms with Gasteiger partial charge in [0.1, 0.15) is 0 Å². The smallest absolute Gasteiger partial charge is 0.151 e. The van der Waals surface area contributed by atoms with Crippen molar-refractivity contribution in [3.05, 3.63) is 35.9 Å². The normalized spacial score (nSPS) is 17.4. The predicted octanol–water partition coefficient (Wildman–Crippen LogP) is 2.80. The number of rotatable bonds is 5. The Hall–Kier alpha value is -1.15. The molecule has 0 aliphatic heterocycles. The molecule has 0 aromatic heterocycles. The molecule has 0 saturated heterocycles. The Kier molecular flexibility index (Phi) is 3.39. The highest BCUT2D eigenvalue weighted by Crippen LogP contribution is 2.34. The lowest BCUT2D eigenvalue weighted by Crippen LogP contribution is -2.34. The number of hydrogen-bond donors (Lipinski definition) is 0. The van der Waals surface area contributed by atoms with Gasteiger partial charge in [-0.25, -0.2) is 0 Å². The third-order valence-electron chi connectivity index (χ3n) is 3.21. The molecule has 0 N–H and O–H groups in total. The van der Waals surface area contributed by atoms with Crippen LogP contribution in [0.25, 0.3) is 0 Å². The minimum absolute atomic E-state index is 0.0429. The Bertz CT molecular complexity index is 356. The summed E-state index contributed by atoms with van der Waals surface area (Å²) in [6.45, 7) is 4.78. The highest BCUT2D eigenvalue weighted by molar-refractivity contribution is 5.83. The number of nitrogens with zero attached hydrogens (tertiary/aromatic N) is 1. The van der Waals surface area contributed by atoms with Gasteiger partial charge >= 0.3 is 0 Å². The van der Waals surface area contributed by atoms with Crippen LogP contribution in [0.1, 0.15) is 38.3 Å². The minimum atomic E-state index is -0.0429. The Morgan fingerprint density at radius 2 is 2.00 bits per heavy atom. The van der Waals surface area contributed by atoms with E-state index in [-0.39, 0.29) is 11.8 Å². The van der Waals surface area contributed by atoms with Crippen molar-refractivity contribution >= 4 is 5.78 Å². The predicted molar refractivity (Wildman–Crippen MR) is 65.3 cm³/mol. The molecule has 0 unspecified atom stereocenters. The molecule has 1 saturated carbocycles. The van der Waals surface area contributed by atoms with Gasteiger partial charge in [0.2, 0.25) is 0 Å². The summed E-state index contributed by atoms with van der Waals surface area (Å²) in [4.78, 5) is 14.2. The molecule has 0 heterocycles. The van der Waals surface area contributed by atoms with E-state index in [0.29, 0.717) is 6.04 Å². The lowest BCUT2D eigenvalue weighted by molar-refractivity contribution is -0.122. The second-order valence-electron chi connectivity index (χ2n) is 4.49. The van der Waals surface area contributed by atoms with Crippen LogP contribution >= 0.6 is 0 Å². The molecule has 2 rings (SSSR count). The van der Waals surface area contributed by atoms with Crippen LogP contribution in [0, 0.1) is 0 Å². The zero-order valence-corrected chi connectivity index (χ0v) is 10.0. The lowest BCUT2D eigenvalue weighted by atomic mass is 10.0. The summed E-state index contributed by atoms with van der Waals surface area (Å²) < 4.78 is 0. The van der Waals surface area contributed by atoms with Crippen LogP contribution < -0.4 is 0 Å². The molecule has 1 aromatic carbocycles. The van der Waals surface area contributed by atoms with Crippen molar-refractivity contribution in [1.29, 1.82) is 0 Å². The van der Waals surface area contributed by atoms with Crippen molar-refractivity contribution in [3.8, 4) is 0 Å². The summed E-state index contributed by atoms with van der Waals surface area (Å²) in [5, 5.41) is 0. The van der Waals surface area contributed by atoms with Gasteiger partial charge in [-0.3, -0.25) is 9.69 Å². The van der Waals surface area contributed by atoms with Gasteiger partial charge in [0.15, 0.2) is 5.78 Å². The first-order chi connectivity index (χ1) is 7.74. The molecule has 0 spiro atoms. The van der Waals surface area contributed by atoms with E-state index < -0.39 is 0 Å². The van der Waals surface area contributed by atoms with E-state index in [1.54, 1.807) is 6.92 Å². The molecule has 2 heteroatoms. The fourth-order valence-electron chi connectivity index (χ4n) is 2.35. The number of carbonyl (C=O) groups excluding carboxylic acids is 1. The molecule has 1 aliphatic rings. The first-order valence-corrected chi connectivity index (χ1v) is 6.05. The second-order valence-corrected chi connectivity index (χ2v) is 4.49. The molecule has 1 fully saturated rings. The Morgan fingerprint density at radius 1 is 1.38 bits per heavy atom. The van der Waals surface area contributed by atoms with Gasteiger partial charge in [-0.2, -0.15) is 0 Å². The van der Waals surface area contributed by atoms with Gasteiger partial charge in [-0.05, 0) is 31.9 Å². The molecule has 86 valence electrons. The number of likely N-dealkylation sites (N-methyl/N-ethyl adjacent to an activating group) is 1. The highest BCUT2D eigenvalue weighted by Gasteiger charge is 2.35. The number of ketones is 1. The fourth-order valence-corrected chi connectivity index (χ4v) is 2.35. The van der Waals surface area contributed by atoms with Crippen LogP contribution in [-0.2, 0) is 4.79 Å². The quantitative estimate of drug-likeness (QED) is 0.756. The van der Waals surface area contributed by atoms with Crippen LogP contribution in [0.4, 0.5) is 0 Å². The Balaban J connectivity index is 2.25. The van der Waals surface area contributed by atoms with Gasteiger partial charge in [0, 0.05) is 6.04 Å². The summed E-state index contributed by atoms with van der Waals surface area (Å²) in [5.41, 5.74) is 1.13. The van der Waals surface area contributed by atoms with E-state index in [1.807, 2.05) is 18.2 Å². The summed E-state index contributed by atoms with van der Waals surface area (Å²) in [7, 11) is 0. The van der Waals surface area contributed by atoms with Crippen molar-refractivity contribution in [1.82, 2.24) is 4.90 Å². The zero-order valence-electron chi connectivity index (χ0n) is 10.0. The van der Waals surface area contributed by atoms with Gasteiger partial charge in [-0.15, -0.1) is 0 Å². The van der Waals surface area contributed by atoms with Crippen LogP contribution in [0.5, 0.6) is 0 Å². The van der Waals surface area contributed by atoms with Gasteiger partial charge in [0.25, 0.3) is 0 Å². The largest absolute Gasteiger partial charge is 0.298 e. The monoisotopic (exact) mass is 217 g/mol. The first-order valence-electron chi connectivity index (χ1n) is 6.05. The van der Waals surface area contributed by atoms with E-state index in [2.05, 4.69) is 24.0 Å². The molecule has 0 bridgehead atoms. The average Bonchev–Trinajstić information content (AvgIpc) is 3.10. The van der Waals surface area contributed by atoms with Crippen LogP contribution in [-0.4, -0.2) is 23.3 Å². The van der Waals surface area contributed by atoms with Crippen molar-refractivity contribution in [2.45, 2.75) is 38.8 Å². The van der Waals surface area contributed by atoms with Gasteiger partial charge < -0.3 is 0 Å². The van der Waals surface area contributed by atoms with E-state index in [4.69, 9.17) is 0 Å². The van der Waals surface area contributed by atoms with Crippen molar-refractivity contribution in [2.75, 3.05) is 6.54 Å². The summed E-state index contributed by atoms with van der Waals surface area (Å²) >= 11 is 0. The van der Waals surface area contributed by atoms with E-state index >= 15 is 0 Å². The zero-order chi connectivity index (χ0) is 11.5. The van der Waals surface area contributed by atoms with Crippen molar-refractivity contribution in [3.63, 3.8) is 0 Å². The maximum absolute atomic E-state index is 11.8. The minimum Gasteiger partial charge on any atom is -0.298 e. The SMILES string of the molecule is CCN(C1CC1)[C@@H](C(C)=O)c1ccccc1. The highest BCUT2D eigenvalue weighted by atomic mass is 16.1. The van der Waals surface area contributed by atoms with Crippen molar-refractivity contribution < 1.29 is 4.79 Å². The van der Waals surface area contributed by atoms with Crippen LogP contribution in [0.15, 0.2) is 30.3 Å². The average molecular weight is 217 g/mol. The topological polar surface area (TPSA) is 20.3 Å². The van der Waals surface area contributed by atoms with Crippen molar-refractivity contribution in [2.24, 2.45) is 0 Å². The maximum Gasteiger partial charge on any atom is 0.151 e. The number of hydrogen-bond acceptors (Lipinski definition) is 2. The number of Topliss-reactive ketones (excluding diaryl/α,β-unsaturated/α-hetero) is 1. The first kappa shape index (κ1) is 11.3. The summed E-state index contributed by atoms with van der Waals surface area (Å²) in [6.07, 6.45) is 2.48. The van der Waals surface area contributed by atoms with Crippen LogP contribution in [0.2, 0.25) is 0 Å². The molecular weight excluding hydrogens is 198 g/mol. The molecule has 1 atom stereocenters. The fraction of sp³-hybridized carbons (Fsp3) is 0.500. The van der Waals surface area contributed by atoms with E-state index in [0.717, 1.165) is 12.1 Å². The number of carbonyl (C=O) groups is 1. The van der Waals surface area contributed by atoms with Gasteiger partial charge in [-0.1, -0.05) is 37.3 Å². The number of benzene rings is 1. The molecule has 16 heavy (non-hydrogen) atoms. The lowest BCUT2D eigenvalue weighted by Gasteiger charge is -2.29. The second kappa shape index (κ2) is 4.79.